The Hall–Kier alpha value is -2.51. The number of amides is 1. The van der Waals surface area contributed by atoms with Gasteiger partial charge in [-0.3, -0.25) is 4.79 Å². The lowest BCUT2D eigenvalue weighted by atomic mass is 9.84. The zero-order valence-electron chi connectivity index (χ0n) is 16.0. The fraction of sp³-hybridized carbons (Fsp3) is 0.364. The van der Waals surface area contributed by atoms with E-state index in [2.05, 4.69) is 18.7 Å². The Morgan fingerprint density at radius 2 is 1.93 bits per heavy atom. The monoisotopic (exact) mass is 382 g/mol. The Morgan fingerprint density at radius 3 is 2.44 bits per heavy atom. The molecule has 0 saturated carbocycles. The number of hydrogen-bond donors (Lipinski definition) is 0. The van der Waals surface area contributed by atoms with Crippen molar-refractivity contribution in [2.75, 3.05) is 6.54 Å². The summed E-state index contributed by atoms with van der Waals surface area (Å²) in [6, 6.07) is 12.9. The maximum Gasteiger partial charge on any atom is 0.254 e. The summed E-state index contributed by atoms with van der Waals surface area (Å²) in [6.45, 7) is 15.8. The third-order valence-corrected chi connectivity index (χ3v) is 5.52. The van der Waals surface area contributed by atoms with Crippen molar-refractivity contribution in [3.8, 4) is 5.75 Å². The SMILES string of the molecule is [C-]#[N+]c1ccc(O[C@@H]2CN(C(=O)c3ccc(C(C)C)cc3)C2(C)C)cc1Cl. The third-order valence-electron chi connectivity index (χ3n) is 5.22. The van der Waals surface area contributed by atoms with Crippen LogP contribution in [0.3, 0.4) is 0 Å². The number of hydrogen-bond acceptors (Lipinski definition) is 2. The zero-order valence-corrected chi connectivity index (χ0v) is 16.7. The van der Waals surface area contributed by atoms with Crippen LogP contribution >= 0.6 is 11.6 Å². The van der Waals surface area contributed by atoms with Gasteiger partial charge in [-0.05, 0) is 49.6 Å². The second-order valence-electron chi connectivity index (χ2n) is 7.68. The molecule has 0 spiro atoms. The molecule has 5 heteroatoms. The highest BCUT2D eigenvalue weighted by Crippen LogP contribution is 2.37. The minimum absolute atomic E-state index is 0.0107. The van der Waals surface area contributed by atoms with Crippen LogP contribution in [0.25, 0.3) is 4.85 Å². The lowest BCUT2D eigenvalue weighted by Gasteiger charge is -2.54. The highest BCUT2D eigenvalue weighted by atomic mass is 35.5. The van der Waals surface area contributed by atoms with E-state index in [1.54, 1.807) is 18.2 Å². The molecule has 1 heterocycles. The average molecular weight is 383 g/mol. The number of benzene rings is 2. The van der Waals surface area contributed by atoms with Gasteiger partial charge in [-0.15, -0.1) is 0 Å². The van der Waals surface area contributed by atoms with Crippen LogP contribution in [0, 0.1) is 6.57 Å². The van der Waals surface area contributed by atoms with Crippen LogP contribution in [-0.2, 0) is 0 Å². The highest BCUT2D eigenvalue weighted by molar-refractivity contribution is 6.33. The number of halogens is 1. The Morgan fingerprint density at radius 1 is 1.26 bits per heavy atom. The molecule has 1 aliphatic heterocycles. The zero-order chi connectivity index (χ0) is 19.8. The van der Waals surface area contributed by atoms with Crippen molar-refractivity contribution >= 4 is 23.2 Å². The molecule has 3 rings (SSSR count). The molecule has 0 aliphatic carbocycles. The maximum absolute atomic E-state index is 12.9. The van der Waals surface area contributed by atoms with E-state index in [1.165, 1.54) is 5.56 Å². The molecule has 0 radical (unpaired) electrons. The van der Waals surface area contributed by atoms with Gasteiger partial charge in [-0.25, -0.2) is 4.85 Å². The van der Waals surface area contributed by atoms with Gasteiger partial charge in [0.05, 0.1) is 23.7 Å². The molecule has 1 fully saturated rings. The standard InChI is InChI=1S/C22H23ClN2O2/c1-14(2)15-6-8-16(9-7-15)21(26)25-13-20(22(25,3)4)27-17-10-11-19(24-5)18(23)12-17/h6-12,14,20H,13H2,1-4H3/t20-/m1/s1. The first-order valence-corrected chi connectivity index (χ1v) is 9.37. The molecule has 1 amide bonds. The van der Waals surface area contributed by atoms with Gasteiger partial charge < -0.3 is 9.64 Å². The van der Waals surface area contributed by atoms with E-state index in [-0.39, 0.29) is 12.0 Å². The summed E-state index contributed by atoms with van der Waals surface area (Å²) in [5.74, 6) is 1.06. The molecule has 2 aromatic rings. The molecule has 0 N–H and O–H groups in total. The maximum atomic E-state index is 12.9. The predicted octanol–water partition coefficient (Wildman–Crippen LogP) is 5.70. The van der Waals surface area contributed by atoms with Crippen LogP contribution in [0.1, 0.15) is 49.5 Å². The summed E-state index contributed by atoms with van der Waals surface area (Å²) in [6.07, 6.45) is -0.133. The van der Waals surface area contributed by atoms with Gasteiger partial charge in [0.1, 0.15) is 11.9 Å². The molecular weight excluding hydrogens is 360 g/mol. The van der Waals surface area contributed by atoms with Crippen molar-refractivity contribution in [1.29, 1.82) is 0 Å². The first-order valence-electron chi connectivity index (χ1n) is 8.99. The van der Waals surface area contributed by atoms with Crippen LogP contribution in [0.2, 0.25) is 5.02 Å². The number of nitrogens with zero attached hydrogens (tertiary/aromatic N) is 2. The van der Waals surface area contributed by atoms with Gasteiger partial charge in [0.2, 0.25) is 5.69 Å². The Bertz CT molecular complexity index is 898. The van der Waals surface area contributed by atoms with Crippen molar-refractivity contribution in [2.24, 2.45) is 0 Å². The first kappa shape index (κ1) is 19.3. The lowest BCUT2D eigenvalue weighted by molar-refractivity contribution is -0.0788. The van der Waals surface area contributed by atoms with E-state index in [9.17, 15) is 4.79 Å². The van der Waals surface area contributed by atoms with Crippen LogP contribution < -0.4 is 4.74 Å². The van der Waals surface area contributed by atoms with E-state index in [1.807, 2.05) is 43.0 Å². The normalized spacial score (nSPS) is 18.0. The highest BCUT2D eigenvalue weighted by Gasteiger charge is 2.50. The second-order valence-corrected chi connectivity index (χ2v) is 8.08. The Kier molecular flexibility index (Phi) is 5.17. The minimum atomic E-state index is -0.432. The van der Waals surface area contributed by atoms with Crippen molar-refractivity contribution in [3.05, 3.63) is 70.0 Å². The van der Waals surface area contributed by atoms with E-state index in [0.29, 0.717) is 34.5 Å². The smallest absolute Gasteiger partial charge is 0.254 e. The molecule has 0 bridgehead atoms. The van der Waals surface area contributed by atoms with Crippen LogP contribution in [-0.4, -0.2) is 29.0 Å². The summed E-state index contributed by atoms with van der Waals surface area (Å²) in [7, 11) is 0. The lowest BCUT2D eigenvalue weighted by Crippen LogP contribution is -2.71. The average Bonchev–Trinajstić information content (AvgIpc) is 2.64. The van der Waals surface area contributed by atoms with Crippen LogP contribution in [0.5, 0.6) is 5.75 Å². The first-order chi connectivity index (χ1) is 12.7. The summed E-state index contributed by atoms with van der Waals surface area (Å²) in [5, 5.41) is 0.373. The summed E-state index contributed by atoms with van der Waals surface area (Å²) in [5.41, 5.74) is 1.88. The third kappa shape index (κ3) is 3.65. The molecule has 4 nitrogen and oxygen atoms in total. The molecule has 0 aromatic heterocycles. The number of carbonyl (C=O) groups excluding carboxylic acids is 1. The molecule has 27 heavy (non-hydrogen) atoms. The fourth-order valence-corrected chi connectivity index (χ4v) is 3.41. The molecular formula is C22H23ClN2O2. The molecule has 1 atom stereocenters. The summed E-state index contributed by atoms with van der Waals surface area (Å²) in [4.78, 5) is 18.1. The molecule has 140 valence electrons. The van der Waals surface area contributed by atoms with Crippen molar-refractivity contribution < 1.29 is 9.53 Å². The number of likely N-dealkylation sites (tertiary alicyclic amines) is 1. The molecule has 1 saturated heterocycles. The topological polar surface area (TPSA) is 33.9 Å². The largest absolute Gasteiger partial charge is 0.486 e. The molecule has 1 aliphatic rings. The predicted molar refractivity (Wildman–Crippen MR) is 108 cm³/mol. The van der Waals surface area contributed by atoms with E-state index in [0.717, 1.165) is 0 Å². The fourth-order valence-electron chi connectivity index (χ4n) is 3.19. The molecule has 0 unspecified atom stereocenters. The Labute approximate surface area is 165 Å². The molecule has 2 aromatic carbocycles. The van der Waals surface area contributed by atoms with Gasteiger partial charge >= 0.3 is 0 Å². The minimum Gasteiger partial charge on any atom is -0.486 e. The quantitative estimate of drug-likeness (QED) is 0.636. The van der Waals surface area contributed by atoms with Crippen molar-refractivity contribution in [1.82, 2.24) is 4.90 Å². The van der Waals surface area contributed by atoms with E-state index >= 15 is 0 Å². The van der Waals surface area contributed by atoms with Crippen molar-refractivity contribution in [3.63, 3.8) is 0 Å². The number of ether oxygens (including phenoxy) is 1. The van der Waals surface area contributed by atoms with Crippen LogP contribution in [0.4, 0.5) is 5.69 Å². The second kappa shape index (κ2) is 7.25. The summed E-state index contributed by atoms with van der Waals surface area (Å²) < 4.78 is 6.03. The number of rotatable bonds is 4. The van der Waals surface area contributed by atoms with Crippen LogP contribution in [0.15, 0.2) is 42.5 Å². The van der Waals surface area contributed by atoms with Gasteiger partial charge in [0.25, 0.3) is 5.91 Å². The van der Waals surface area contributed by atoms with Crippen molar-refractivity contribution in [2.45, 2.75) is 45.3 Å². The van der Waals surface area contributed by atoms with Gasteiger partial charge in [-0.2, -0.15) is 0 Å². The summed E-state index contributed by atoms with van der Waals surface area (Å²) >= 11 is 6.08. The van der Waals surface area contributed by atoms with E-state index in [4.69, 9.17) is 22.9 Å². The number of carbonyl (C=O) groups is 1. The Balaban J connectivity index is 1.69. The van der Waals surface area contributed by atoms with Gasteiger partial charge in [-0.1, -0.05) is 43.6 Å². The van der Waals surface area contributed by atoms with Gasteiger partial charge in [0, 0.05) is 5.56 Å². The van der Waals surface area contributed by atoms with Gasteiger partial charge in [0.15, 0.2) is 0 Å². The van der Waals surface area contributed by atoms with E-state index < -0.39 is 5.54 Å².